The zero-order valence-electron chi connectivity index (χ0n) is 21.1. The Morgan fingerprint density at radius 1 is 1.21 bits per heavy atom. The van der Waals surface area contributed by atoms with Gasteiger partial charge < -0.3 is 26.0 Å². The molecular formula is C27H29F2N7O2. The Kier molecular flexibility index (Phi) is 6.83. The molecule has 0 spiro atoms. The third-order valence-electron chi connectivity index (χ3n) is 7.19. The number of nitrogens with one attached hydrogen (secondary N) is 3. The highest BCUT2D eigenvalue weighted by atomic mass is 19.1. The molecule has 1 fully saturated rings. The Morgan fingerprint density at radius 3 is 2.68 bits per heavy atom. The lowest BCUT2D eigenvalue weighted by Gasteiger charge is -2.44. The lowest BCUT2D eigenvalue weighted by Crippen LogP contribution is -2.59. The third-order valence-corrected chi connectivity index (χ3v) is 7.19. The molecule has 1 amide bonds. The normalized spacial score (nSPS) is 18.1. The molecule has 2 heterocycles. The Labute approximate surface area is 218 Å². The Morgan fingerprint density at radius 2 is 1.97 bits per heavy atom. The zero-order chi connectivity index (χ0) is 27.0. The number of benzene rings is 2. The van der Waals surface area contributed by atoms with Crippen LogP contribution in [-0.2, 0) is 0 Å². The van der Waals surface area contributed by atoms with E-state index in [1.165, 1.54) is 31.6 Å². The summed E-state index contributed by atoms with van der Waals surface area (Å²) in [4.78, 5) is 23.7. The van der Waals surface area contributed by atoms with Crippen molar-refractivity contribution in [2.75, 3.05) is 23.5 Å². The number of nitrogen functional groups attached to an aromatic ring is 1. The first-order valence-corrected chi connectivity index (χ1v) is 12.5. The molecule has 1 aromatic heterocycles. The Hall–Kier alpha value is -4.28. The van der Waals surface area contributed by atoms with Crippen LogP contribution in [0.4, 0.5) is 26.1 Å². The average Bonchev–Trinajstić information content (AvgIpc) is 3.42. The lowest BCUT2D eigenvalue weighted by atomic mass is 10.00. The van der Waals surface area contributed by atoms with Gasteiger partial charge in [0.15, 0.2) is 11.6 Å². The summed E-state index contributed by atoms with van der Waals surface area (Å²) in [5, 5.41) is 15.4. The van der Waals surface area contributed by atoms with E-state index in [2.05, 4.69) is 20.6 Å². The van der Waals surface area contributed by atoms with Crippen LogP contribution in [0.5, 0.6) is 5.75 Å². The molecule has 2 aliphatic rings. The van der Waals surface area contributed by atoms with Gasteiger partial charge in [-0.3, -0.25) is 10.2 Å². The minimum Gasteiger partial charge on any atom is -0.494 e. The number of halogens is 2. The summed E-state index contributed by atoms with van der Waals surface area (Å²) in [6.45, 7) is 1.87. The van der Waals surface area contributed by atoms with Crippen molar-refractivity contribution in [3.05, 3.63) is 71.1 Å². The molecule has 2 atom stereocenters. The largest absolute Gasteiger partial charge is 0.494 e. The fourth-order valence-corrected chi connectivity index (χ4v) is 5.30. The minimum atomic E-state index is -0.615. The standard InChI is InChI=1S/C27H29F2N7O2/c1-14(26-35-19-9-5-8-17(28)21(19)27(37)36(26)16-6-3-4-7-16)34-25-22(24(31)32-13-33-25)23(30)15-10-11-20(38-2)18(29)12-15/h5,8-14,16,26,30,35H,3-4,6-7H2,1-2H3,(H3,31,32,33,34). The summed E-state index contributed by atoms with van der Waals surface area (Å²) in [5.41, 5.74) is 7.02. The predicted octanol–water partition coefficient (Wildman–Crippen LogP) is 4.40. The van der Waals surface area contributed by atoms with Crippen LogP contribution in [0.3, 0.4) is 0 Å². The van der Waals surface area contributed by atoms with E-state index in [9.17, 15) is 13.6 Å². The van der Waals surface area contributed by atoms with Gasteiger partial charge >= 0.3 is 0 Å². The summed E-state index contributed by atoms with van der Waals surface area (Å²) in [5.74, 6) is -1.17. The van der Waals surface area contributed by atoms with Crippen molar-refractivity contribution in [3.8, 4) is 5.75 Å². The van der Waals surface area contributed by atoms with E-state index >= 15 is 0 Å². The van der Waals surface area contributed by atoms with Gasteiger partial charge in [-0.1, -0.05) is 18.9 Å². The van der Waals surface area contributed by atoms with Crippen molar-refractivity contribution >= 4 is 28.9 Å². The molecule has 2 unspecified atom stereocenters. The maximum atomic E-state index is 14.7. The molecule has 1 saturated carbocycles. The lowest BCUT2D eigenvalue weighted by molar-refractivity contribution is 0.0563. The van der Waals surface area contributed by atoms with Gasteiger partial charge in [0, 0.05) is 11.6 Å². The van der Waals surface area contributed by atoms with Crippen LogP contribution < -0.4 is 21.1 Å². The smallest absolute Gasteiger partial charge is 0.260 e. The predicted molar refractivity (Wildman–Crippen MR) is 141 cm³/mol. The SMILES string of the molecule is COc1ccc(C(=N)c2c(N)ncnc2NC(C)C2Nc3cccc(F)c3C(=O)N2C2CCCC2)cc1F. The quantitative estimate of drug-likeness (QED) is 0.339. The maximum absolute atomic E-state index is 14.7. The molecule has 1 aliphatic carbocycles. The van der Waals surface area contributed by atoms with Crippen LogP contribution in [0.1, 0.15) is 54.1 Å². The molecule has 0 radical (unpaired) electrons. The van der Waals surface area contributed by atoms with Crippen LogP contribution in [0.25, 0.3) is 0 Å². The van der Waals surface area contributed by atoms with Gasteiger partial charge in [-0.15, -0.1) is 0 Å². The number of nitrogens with two attached hydrogens (primary N) is 1. The van der Waals surface area contributed by atoms with E-state index in [4.69, 9.17) is 15.9 Å². The van der Waals surface area contributed by atoms with Crippen LogP contribution in [0.15, 0.2) is 42.7 Å². The number of methoxy groups -OCH3 is 1. The second-order valence-electron chi connectivity index (χ2n) is 9.54. The number of ether oxygens (including phenoxy) is 1. The number of nitrogens with zero attached hydrogens (tertiary/aromatic N) is 3. The first-order valence-electron chi connectivity index (χ1n) is 12.5. The van der Waals surface area contributed by atoms with Gasteiger partial charge in [-0.05, 0) is 50.1 Å². The molecule has 9 nitrogen and oxygen atoms in total. The number of fused-ring (bicyclic) bond motifs is 1. The number of hydrogen-bond acceptors (Lipinski definition) is 8. The highest BCUT2D eigenvalue weighted by Crippen LogP contribution is 2.35. The molecule has 5 rings (SSSR count). The number of rotatable bonds is 7. The number of carbonyl (C=O) groups is 1. The van der Waals surface area contributed by atoms with Crippen molar-refractivity contribution < 1.29 is 18.3 Å². The molecule has 2 aromatic carbocycles. The van der Waals surface area contributed by atoms with Gasteiger partial charge in [-0.25, -0.2) is 18.7 Å². The number of aromatic nitrogens is 2. The molecule has 1 aliphatic heterocycles. The first kappa shape index (κ1) is 25.4. The van der Waals surface area contributed by atoms with Crippen LogP contribution >= 0.6 is 0 Å². The first-order chi connectivity index (χ1) is 18.3. The van der Waals surface area contributed by atoms with Gasteiger partial charge in [0.1, 0.15) is 29.9 Å². The van der Waals surface area contributed by atoms with Crippen molar-refractivity contribution in [2.45, 2.75) is 50.9 Å². The summed E-state index contributed by atoms with van der Waals surface area (Å²) in [6, 6.07) is 8.24. The fraction of sp³-hybridized carbons (Fsp3) is 0.333. The van der Waals surface area contributed by atoms with Gasteiger partial charge in [0.05, 0.1) is 35.7 Å². The second kappa shape index (κ2) is 10.2. The molecule has 11 heteroatoms. The summed E-state index contributed by atoms with van der Waals surface area (Å²) >= 11 is 0. The average molecular weight is 522 g/mol. The van der Waals surface area contributed by atoms with E-state index in [0.29, 0.717) is 5.69 Å². The van der Waals surface area contributed by atoms with E-state index in [1.54, 1.807) is 23.1 Å². The molecule has 3 aromatic rings. The van der Waals surface area contributed by atoms with E-state index in [1.807, 2.05) is 6.92 Å². The summed E-state index contributed by atoms with van der Waals surface area (Å²) in [7, 11) is 1.36. The van der Waals surface area contributed by atoms with E-state index < -0.39 is 23.8 Å². The second-order valence-corrected chi connectivity index (χ2v) is 9.54. The van der Waals surface area contributed by atoms with Gasteiger partial charge in [-0.2, -0.15) is 0 Å². The van der Waals surface area contributed by atoms with Crippen LogP contribution in [-0.4, -0.2) is 51.8 Å². The number of amides is 1. The maximum Gasteiger partial charge on any atom is 0.260 e. The van der Waals surface area contributed by atoms with E-state index in [-0.39, 0.29) is 51.7 Å². The Balaban J connectivity index is 1.48. The highest BCUT2D eigenvalue weighted by Gasteiger charge is 2.41. The molecule has 38 heavy (non-hydrogen) atoms. The van der Waals surface area contributed by atoms with E-state index in [0.717, 1.165) is 25.7 Å². The zero-order valence-corrected chi connectivity index (χ0v) is 21.1. The molecule has 198 valence electrons. The number of hydrogen-bond donors (Lipinski definition) is 4. The van der Waals surface area contributed by atoms with Crippen molar-refractivity contribution in [1.29, 1.82) is 5.41 Å². The fourth-order valence-electron chi connectivity index (χ4n) is 5.30. The topological polar surface area (TPSA) is 129 Å². The summed E-state index contributed by atoms with van der Waals surface area (Å²) in [6.07, 6.45) is 4.40. The number of anilines is 3. The van der Waals surface area contributed by atoms with Gasteiger partial charge in [0.25, 0.3) is 5.91 Å². The number of carbonyl (C=O) groups excluding carboxylic acids is 1. The van der Waals surface area contributed by atoms with Crippen molar-refractivity contribution in [3.63, 3.8) is 0 Å². The molecule has 0 saturated heterocycles. The van der Waals surface area contributed by atoms with Crippen molar-refractivity contribution in [1.82, 2.24) is 14.9 Å². The molecular weight excluding hydrogens is 492 g/mol. The van der Waals surface area contributed by atoms with Gasteiger partial charge in [0.2, 0.25) is 0 Å². The van der Waals surface area contributed by atoms with Crippen LogP contribution in [0, 0.1) is 17.0 Å². The Bertz CT molecular complexity index is 1390. The van der Waals surface area contributed by atoms with Crippen LogP contribution in [0.2, 0.25) is 0 Å². The summed E-state index contributed by atoms with van der Waals surface area (Å²) < 4.78 is 34.1. The molecule has 5 N–H and O–H groups in total. The van der Waals surface area contributed by atoms with Crippen molar-refractivity contribution in [2.24, 2.45) is 0 Å². The monoisotopic (exact) mass is 521 g/mol. The minimum absolute atomic E-state index is 0.0347. The third kappa shape index (κ3) is 4.48. The molecule has 0 bridgehead atoms. The highest BCUT2D eigenvalue weighted by molar-refractivity contribution is 6.16.